The summed E-state index contributed by atoms with van der Waals surface area (Å²) < 4.78 is 0. The first-order valence-electron chi connectivity index (χ1n) is 6.83. The average molecular weight is 455 g/mol. The number of hydrogen-bond donors (Lipinski definition) is 4. The van der Waals surface area contributed by atoms with Crippen molar-refractivity contribution < 1.29 is 54.6 Å². The molecule has 0 unspecified atom stereocenters. The first-order valence-corrected chi connectivity index (χ1v) is 6.83. The summed E-state index contributed by atoms with van der Waals surface area (Å²) in [5.41, 5.74) is 1.25. The minimum Gasteiger partial charge on any atom is -1.00 e. The van der Waals surface area contributed by atoms with Gasteiger partial charge in [-0.05, 0) is 27.7 Å². The van der Waals surface area contributed by atoms with E-state index >= 15 is 0 Å². The minimum absolute atomic E-state index is 0. The minimum atomic E-state index is 0. The van der Waals surface area contributed by atoms with Crippen LogP contribution in [0.2, 0.25) is 0 Å². The number of piperidine rings is 1. The van der Waals surface area contributed by atoms with E-state index < -0.39 is 0 Å². The van der Waals surface area contributed by atoms with Crippen LogP contribution in [0.3, 0.4) is 0 Å². The van der Waals surface area contributed by atoms with Crippen molar-refractivity contribution in [1.82, 2.24) is 0 Å². The molecule has 1 radical (unpaired) electrons. The van der Waals surface area contributed by atoms with Crippen LogP contribution in [0.25, 0.3) is 5.32 Å². The molecule has 0 aromatic carbocycles. The van der Waals surface area contributed by atoms with Crippen LogP contribution in [-0.2, 0) is 16.8 Å². The summed E-state index contributed by atoms with van der Waals surface area (Å²) in [6.45, 7) is 8.40. The van der Waals surface area contributed by atoms with Crippen LogP contribution in [0.4, 0.5) is 0 Å². The van der Waals surface area contributed by atoms with Crippen molar-refractivity contribution in [2.75, 3.05) is 13.1 Å². The SMILES string of the molecule is C1CC[N-]CC1.CC(=N\O)/C(C)=N/O.CC(=N\O)/C(C)=N/O.[Br-].[Co+2]. The summed E-state index contributed by atoms with van der Waals surface area (Å²) in [5, 5.41) is 47.4. The van der Waals surface area contributed by atoms with Gasteiger partial charge < -0.3 is 43.1 Å². The van der Waals surface area contributed by atoms with Gasteiger partial charge in [0.25, 0.3) is 0 Å². The van der Waals surface area contributed by atoms with Gasteiger partial charge in [0, 0.05) is 0 Å². The molecule has 1 saturated heterocycles. The Morgan fingerprint density at radius 1 is 0.625 bits per heavy atom. The van der Waals surface area contributed by atoms with E-state index in [1.54, 1.807) is 0 Å². The van der Waals surface area contributed by atoms with Gasteiger partial charge >= 0.3 is 16.8 Å². The van der Waals surface area contributed by atoms with Gasteiger partial charge in [-0.15, -0.1) is 13.1 Å². The van der Waals surface area contributed by atoms with Crippen LogP contribution in [0.15, 0.2) is 20.6 Å². The van der Waals surface area contributed by atoms with Gasteiger partial charge in [0.15, 0.2) is 0 Å². The molecule has 0 saturated carbocycles. The second-order valence-electron chi connectivity index (χ2n) is 4.47. The van der Waals surface area contributed by atoms with Crippen LogP contribution in [0.5, 0.6) is 0 Å². The molecule has 0 atom stereocenters. The first-order chi connectivity index (χ1) is 10.4. The van der Waals surface area contributed by atoms with Gasteiger partial charge in [-0.2, -0.15) is 0 Å². The van der Waals surface area contributed by atoms with Crippen LogP contribution in [0, 0.1) is 0 Å². The Kier molecular flexibility index (Phi) is 27.9. The van der Waals surface area contributed by atoms with E-state index in [-0.39, 0.29) is 33.8 Å². The topological polar surface area (TPSA) is 144 Å². The molecule has 4 N–H and O–H groups in total. The zero-order valence-corrected chi connectivity index (χ0v) is 16.9. The fourth-order valence-electron chi connectivity index (χ4n) is 1.03. The maximum absolute atomic E-state index is 8.03. The Bertz CT molecular complexity index is 338. The average Bonchev–Trinajstić information content (AvgIpc) is 2.61. The first kappa shape index (κ1) is 30.7. The largest absolute Gasteiger partial charge is 2.00 e. The fraction of sp³-hybridized carbons (Fsp3) is 0.692. The molecule has 1 rings (SSSR count). The van der Waals surface area contributed by atoms with Crippen molar-refractivity contribution in [3.63, 3.8) is 0 Å². The van der Waals surface area contributed by atoms with Crippen LogP contribution >= 0.6 is 0 Å². The van der Waals surface area contributed by atoms with Gasteiger partial charge in [-0.3, -0.25) is 0 Å². The monoisotopic (exact) mass is 454 g/mol. The van der Waals surface area contributed by atoms with Crippen LogP contribution in [-0.4, -0.2) is 56.8 Å². The van der Waals surface area contributed by atoms with Gasteiger partial charge in [-0.25, -0.2) is 0 Å². The van der Waals surface area contributed by atoms with Gasteiger partial charge in [0.2, 0.25) is 0 Å². The van der Waals surface area contributed by atoms with Crippen LogP contribution < -0.4 is 17.0 Å². The summed E-state index contributed by atoms with van der Waals surface area (Å²) >= 11 is 0. The van der Waals surface area contributed by atoms with E-state index in [4.69, 9.17) is 20.8 Å². The molecule has 0 spiro atoms. The van der Waals surface area contributed by atoms with E-state index in [0.717, 1.165) is 13.1 Å². The molecule has 0 bridgehead atoms. The van der Waals surface area contributed by atoms with E-state index in [9.17, 15) is 0 Å². The molecule has 0 amide bonds. The zero-order valence-electron chi connectivity index (χ0n) is 14.3. The summed E-state index contributed by atoms with van der Waals surface area (Å²) in [6.07, 6.45) is 4.07. The molecular formula is C13H26BrCoN5O4. The number of hydrogen-bond acceptors (Lipinski definition) is 8. The molecule has 143 valence electrons. The molecule has 1 aliphatic heterocycles. The van der Waals surface area contributed by atoms with Crippen molar-refractivity contribution in [2.24, 2.45) is 20.6 Å². The Morgan fingerprint density at radius 2 is 0.875 bits per heavy atom. The van der Waals surface area contributed by atoms with E-state index in [1.807, 2.05) is 0 Å². The molecule has 1 aliphatic rings. The molecule has 0 aromatic heterocycles. The Hall–Kier alpha value is -1.17. The van der Waals surface area contributed by atoms with Crippen molar-refractivity contribution in [3.05, 3.63) is 5.32 Å². The van der Waals surface area contributed by atoms with Crippen molar-refractivity contribution in [2.45, 2.75) is 47.0 Å². The Balaban J connectivity index is -0.000000121. The number of halogens is 1. The zero-order chi connectivity index (χ0) is 17.4. The smallest absolute Gasteiger partial charge is 1.00 e. The molecule has 24 heavy (non-hydrogen) atoms. The Morgan fingerprint density at radius 3 is 0.958 bits per heavy atom. The third-order valence-electron chi connectivity index (χ3n) is 2.78. The maximum atomic E-state index is 8.03. The third kappa shape index (κ3) is 18.9. The fourth-order valence-corrected chi connectivity index (χ4v) is 1.03. The maximum Gasteiger partial charge on any atom is 2.00 e. The summed E-state index contributed by atoms with van der Waals surface area (Å²) in [7, 11) is 0. The van der Waals surface area contributed by atoms with Crippen LogP contribution in [0.1, 0.15) is 47.0 Å². The standard InChI is InChI=1S/C5H10N.2C4H8N2O2.BrH.Co/c1-2-4-6-5-3-1;2*1-3(5-7)4(2)6-8;;/h1-5H2;2*7-8H,1-2H3;1H;/q-1;;;;+2/p-1/b;2*5-3+,6-4+;;. The van der Waals surface area contributed by atoms with E-state index in [1.165, 1.54) is 47.0 Å². The number of nitrogens with zero attached hydrogens (tertiary/aromatic N) is 5. The quantitative estimate of drug-likeness (QED) is 0.262. The van der Waals surface area contributed by atoms with Crippen molar-refractivity contribution in [1.29, 1.82) is 0 Å². The predicted octanol–water partition coefficient (Wildman–Crippen LogP) is -0.0813. The van der Waals surface area contributed by atoms with Crippen molar-refractivity contribution >= 4 is 22.8 Å². The van der Waals surface area contributed by atoms with Gasteiger partial charge in [0.1, 0.15) is 22.8 Å². The second kappa shape index (κ2) is 21.8. The molecule has 9 nitrogen and oxygen atoms in total. The summed E-state index contributed by atoms with van der Waals surface area (Å²) in [6, 6.07) is 0. The number of oxime groups is 4. The van der Waals surface area contributed by atoms with Gasteiger partial charge in [0.05, 0.1) is 0 Å². The summed E-state index contributed by atoms with van der Waals surface area (Å²) in [5.74, 6) is 0. The van der Waals surface area contributed by atoms with Gasteiger partial charge in [-0.1, -0.05) is 39.9 Å². The van der Waals surface area contributed by atoms with Crippen molar-refractivity contribution in [3.8, 4) is 0 Å². The normalized spacial score (nSPS) is 15.5. The second-order valence-corrected chi connectivity index (χ2v) is 4.47. The molecule has 1 fully saturated rings. The molecular weight excluding hydrogens is 429 g/mol. The number of rotatable bonds is 2. The molecule has 1 heterocycles. The Labute approximate surface area is 163 Å². The van der Waals surface area contributed by atoms with E-state index in [2.05, 4.69) is 25.9 Å². The molecule has 0 aliphatic carbocycles. The molecule has 0 aromatic rings. The summed E-state index contributed by atoms with van der Waals surface area (Å²) in [4.78, 5) is 0. The molecule has 11 heteroatoms. The third-order valence-corrected chi connectivity index (χ3v) is 2.78. The predicted molar refractivity (Wildman–Crippen MR) is 86.5 cm³/mol. The van der Waals surface area contributed by atoms with E-state index in [0.29, 0.717) is 22.8 Å².